The lowest BCUT2D eigenvalue weighted by Crippen LogP contribution is -2.26. The van der Waals surface area contributed by atoms with Gasteiger partial charge in [-0.2, -0.15) is 13.2 Å². The molecule has 0 saturated carbocycles. The van der Waals surface area contributed by atoms with Crippen LogP contribution in [0.1, 0.15) is 45.0 Å². The van der Waals surface area contributed by atoms with Crippen LogP contribution in [0.5, 0.6) is 0 Å². The standard InChI is InChI=1S/C27H22F3NO3/c28-27(29,30)25-15-18(16-32)12-13-19(25)7-5-6-14-31-26(33)34-17-24-22-10-3-1-8-20(22)21-9-2-4-11-23(21)24/h1-5,7-13,15-16,24H,6,14,17H2,(H,31,33). The summed E-state index contributed by atoms with van der Waals surface area (Å²) in [5.41, 5.74) is 3.53. The summed E-state index contributed by atoms with van der Waals surface area (Å²) < 4.78 is 45.1. The van der Waals surface area contributed by atoms with Crippen LogP contribution in [0.2, 0.25) is 0 Å². The molecule has 3 aromatic carbocycles. The number of hydrogen-bond acceptors (Lipinski definition) is 3. The summed E-state index contributed by atoms with van der Waals surface area (Å²) in [6, 6.07) is 19.4. The van der Waals surface area contributed by atoms with Crippen LogP contribution in [0.25, 0.3) is 17.2 Å². The second-order valence-electron chi connectivity index (χ2n) is 7.91. The Morgan fingerprint density at radius 1 is 0.971 bits per heavy atom. The number of halogens is 3. The lowest BCUT2D eigenvalue weighted by Gasteiger charge is -2.14. The van der Waals surface area contributed by atoms with Crippen molar-refractivity contribution in [3.63, 3.8) is 0 Å². The van der Waals surface area contributed by atoms with Gasteiger partial charge in [0.05, 0.1) is 5.56 Å². The predicted octanol–water partition coefficient (Wildman–Crippen LogP) is 6.46. The van der Waals surface area contributed by atoms with Gasteiger partial charge in [-0.15, -0.1) is 0 Å². The van der Waals surface area contributed by atoms with E-state index in [4.69, 9.17) is 4.74 Å². The monoisotopic (exact) mass is 465 g/mol. The first-order valence-corrected chi connectivity index (χ1v) is 10.8. The number of hydrogen-bond donors (Lipinski definition) is 1. The molecule has 1 amide bonds. The first-order chi connectivity index (χ1) is 16.4. The summed E-state index contributed by atoms with van der Waals surface area (Å²) in [6.07, 6.45) is -1.59. The van der Waals surface area contributed by atoms with Crippen molar-refractivity contribution in [2.75, 3.05) is 13.2 Å². The van der Waals surface area contributed by atoms with E-state index < -0.39 is 17.8 Å². The highest BCUT2D eigenvalue weighted by atomic mass is 19.4. The van der Waals surface area contributed by atoms with Gasteiger partial charge in [-0.1, -0.05) is 72.8 Å². The molecule has 1 aliphatic rings. The highest BCUT2D eigenvalue weighted by molar-refractivity contribution is 5.79. The molecule has 0 bridgehead atoms. The van der Waals surface area contributed by atoms with Crippen LogP contribution in [-0.2, 0) is 10.9 Å². The Labute approximate surface area is 195 Å². The van der Waals surface area contributed by atoms with Crippen molar-refractivity contribution in [3.8, 4) is 11.1 Å². The van der Waals surface area contributed by atoms with E-state index in [0.29, 0.717) is 12.7 Å². The third-order valence-corrected chi connectivity index (χ3v) is 5.74. The van der Waals surface area contributed by atoms with Gasteiger partial charge in [0.2, 0.25) is 0 Å². The average molecular weight is 465 g/mol. The molecule has 0 atom stereocenters. The molecule has 174 valence electrons. The number of benzene rings is 3. The molecule has 7 heteroatoms. The van der Waals surface area contributed by atoms with E-state index in [1.165, 1.54) is 24.3 Å². The van der Waals surface area contributed by atoms with Crippen LogP contribution in [-0.4, -0.2) is 25.5 Å². The fourth-order valence-corrected chi connectivity index (χ4v) is 4.16. The Morgan fingerprint density at radius 2 is 1.62 bits per heavy atom. The molecule has 0 fully saturated rings. The molecule has 0 aromatic heterocycles. The number of carbonyl (C=O) groups is 2. The van der Waals surface area contributed by atoms with Gasteiger partial charge in [-0.05, 0) is 40.3 Å². The molecule has 1 N–H and O–H groups in total. The van der Waals surface area contributed by atoms with E-state index >= 15 is 0 Å². The number of fused-ring (bicyclic) bond motifs is 3. The Kier molecular flexibility index (Phi) is 6.82. The van der Waals surface area contributed by atoms with Crippen LogP contribution in [0.4, 0.5) is 18.0 Å². The zero-order chi connectivity index (χ0) is 24.1. The topological polar surface area (TPSA) is 55.4 Å². The van der Waals surface area contributed by atoms with Crippen molar-refractivity contribution in [3.05, 3.63) is 101 Å². The minimum absolute atomic E-state index is 0.0404. The molecule has 0 heterocycles. The largest absolute Gasteiger partial charge is 0.449 e. The molecule has 0 spiro atoms. The second-order valence-corrected chi connectivity index (χ2v) is 7.91. The van der Waals surface area contributed by atoms with Crippen molar-refractivity contribution >= 4 is 18.5 Å². The summed E-state index contributed by atoms with van der Waals surface area (Å²) in [4.78, 5) is 23.0. The summed E-state index contributed by atoms with van der Waals surface area (Å²) in [7, 11) is 0. The number of aldehydes is 1. The summed E-state index contributed by atoms with van der Waals surface area (Å²) in [5, 5.41) is 2.62. The molecule has 4 nitrogen and oxygen atoms in total. The minimum Gasteiger partial charge on any atom is -0.449 e. The number of alkyl halides is 3. The minimum atomic E-state index is -4.57. The Balaban J connectivity index is 1.30. The van der Waals surface area contributed by atoms with E-state index in [1.54, 1.807) is 0 Å². The second kappa shape index (κ2) is 9.95. The van der Waals surface area contributed by atoms with Crippen molar-refractivity contribution in [2.45, 2.75) is 18.5 Å². The van der Waals surface area contributed by atoms with Gasteiger partial charge in [0.1, 0.15) is 12.9 Å². The molecular weight excluding hydrogens is 443 g/mol. The van der Waals surface area contributed by atoms with Gasteiger partial charge < -0.3 is 10.1 Å². The van der Waals surface area contributed by atoms with Crippen molar-refractivity contribution < 1.29 is 27.5 Å². The Morgan fingerprint density at radius 3 is 2.24 bits per heavy atom. The van der Waals surface area contributed by atoms with E-state index in [-0.39, 0.29) is 30.2 Å². The van der Waals surface area contributed by atoms with E-state index in [9.17, 15) is 22.8 Å². The van der Waals surface area contributed by atoms with Gasteiger partial charge in [0.15, 0.2) is 0 Å². The smallest absolute Gasteiger partial charge is 0.417 e. The van der Waals surface area contributed by atoms with E-state index in [2.05, 4.69) is 17.4 Å². The van der Waals surface area contributed by atoms with Crippen LogP contribution in [0.15, 0.2) is 72.8 Å². The number of rotatable bonds is 7. The van der Waals surface area contributed by atoms with Crippen LogP contribution < -0.4 is 5.32 Å². The van der Waals surface area contributed by atoms with E-state index in [1.807, 2.05) is 36.4 Å². The quantitative estimate of drug-likeness (QED) is 0.322. The lowest BCUT2D eigenvalue weighted by atomic mass is 9.98. The van der Waals surface area contributed by atoms with Gasteiger partial charge in [-0.3, -0.25) is 4.79 Å². The zero-order valence-corrected chi connectivity index (χ0v) is 18.1. The molecule has 34 heavy (non-hydrogen) atoms. The molecule has 4 rings (SSSR count). The first kappa shape index (κ1) is 23.3. The maximum atomic E-state index is 13.2. The molecule has 1 aliphatic carbocycles. The van der Waals surface area contributed by atoms with Crippen molar-refractivity contribution in [2.24, 2.45) is 0 Å². The Hall–Kier alpha value is -3.87. The van der Waals surface area contributed by atoms with E-state index in [0.717, 1.165) is 28.3 Å². The maximum Gasteiger partial charge on any atom is 0.417 e. The molecule has 3 aromatic rings. The first-order valence-electron chi connectivity index (χ1n) is 10.8. The maximum absolute atomic E-state index is 13.2. The SMILES string of the molecule is O=Cc1ccc(C=CCCNC(=O)OCC2c3ccccc3-c3ccccc32)c(C(F)(F)F)c1. The summed E-state index contributed by atoms with van der Waals surface area (Å²) in [5.74, 6) is -0.0480. The van der Waals surface area contributed by atoms with Gasteiger partial charge >= 0.3 is 12.3 Å². The normalized spacial score (nSPS) is 12.9. The molecule has 0 aliphatic heterocycles. The van der Waals surface area contributed by atoms with Gasteiger partial charge in [-0.25, -0.2) is 4.79 Å². The summed E-state index contributed by atoms with van der Waals surface area (Å²) in [6.45, 7) is 0.397. The third-order valence-electron chi connectivity index (χ3n) is 5.74. The van der Waals surface area contributed by atoms with Crippen molar-refractivity contribution in [1.29, 1.82) is 0 Å². The lowest BCUT2D eigenvalue weighted by molar-refractivity contribution is -0.137. The Bertz CT molecular complexity index is 1190. The molecule has 0 radical (unpaired) electrons. The highest BCUT2D eigenvalue weighted by Gasteiger charge is 2.33. The number of carbonyl (C=O) groups excluding carboxylic acids is 2. The summed E-state index contributed by atoms with van der Waals surface area (Å²) >= 11 is 0. The van der Waals surface area contributed by atoms with Gasteiger partial charge in [0.25, 0.3) is 0 Å². The average Bonchev–Trinajstić information content (AvgIpc) is 3.15. The highest BCUT2D eigenvalue weighted by Crippen LogP contribution is 2.44. The fourth-order valence-electron chi connectivity index (χ4n) is 4.16. The number of alkyl carbamates (subject to hydrolysis) is 1. The van der Waals surface area contributed by atoms with Crippen LogP contribution >= 0.6 is 0 Å². The van der Waals surface area contributed by atoms with Crippen molar-refractivity contribution in [1.82, 2.24) is 5.32 Å². The number of ether oxygens (including phenoxy) is 1. The molecule has 0 unspecified atom stereocenters. The number of nitrogens with one attached hydrogen (secondary N) is 1. The zero-order valence-electron chi connectivity index (χ0n) is 18.1. The molecular formula is C27H22F3NO3. The predicted molar refractivity (Wildman–Crippen MR) is 124 cm³/mol. The molecule has 0 saturated heterocycles. The van der Waals surface area contributed by atoms with Crippen LogP contribution in [0.3, 0.4) is 0 Å². The van der Waals surface area contributed by atoms with Crippen LogP contribution in [0, 0.1) is 0 Å². The fraction of sp³-hybridized carbons (Fsp3) is 0.185. The number of amides is 1. The van der Waals surface area contributed by atoms with Gasteiger partial charge in [0, 0.05) is 18.0 Å². The third kappa shape index (κ3) is 5.03.